The van der Waals surface area contributed by atoms with Crippen LogP contribution in [0, 0.1) is 0 Å². The standard InChI is InChI=1S/C18H17BrO5/c1-21-17(20)13-9-14(18-22-7-8-23-18)16(15(19)10-13)24-11-12-5-3-2-4-6-12/h2-6,9-10,18H,7-8,11H2,1H3. The molecule has 1 aliphatic heterocycles. The summed E-state index contributed by atoms with van der Waals surface area (Å²) < 4.78 is 22.6. The Morgan fingerprint density at radius 1 is 1.21 bits per heavy atom. The molecule has 126 valence electrons. The van der Waals surface area contributed by atoms with E-state index in [-0.39, 0.29) is 0 Å². The van der Waals surface area contributed by atoms with Gasteiger partial charge in [-0.3, -0.25) is 0 Å². The number of halogens is 1. The van der Waals surface area contributed by atoms with Gasteiger partial charge in [-0.2, -0.15) is 0 Å². The summed E-state index contributed by atoms with van der Waals surface area (Å²) in [4.78, 5) is 11.9. The molecular weight excluding hydrogens is 376 g/mol. The number of carbonyl (C=O) groups excluding carboxylic acids is 1. The number of hydrogen-bond acceptors (Lipinski definition) is 5. The summed E-state index contributed by atoms with van der Waals surface area (Å²) >= 11 is 3.47. The lowest BCUT2D eigenvalue weighted by atomic mass is 10.1. The maximum atomic E-state index is 11.9. The Labute approximate surface area is 148 Å². The molecule has 0 aromatic heterocycles. The largest absolute Gasteiger partial charge is 0.487 e. The van der Waals surface area contributed by atoms with Gasteiger partial charge in [0.05, 0.1) is 35.9 Å². The second-order valence-electron chi connectivity index (χ2n) is 5.22. The Morgan fingerprint density at radius 2 is 1.92 bits per heavy atom. The van der Waals surface area contributed by atoms with Gasteiger partial charge in [-0.1, -0.05) is 30.3 Å². The summed E-state index contributed by atoms with van der Waals surface area (Å²) in [7, 11) is 1.35. The average Bonchev–Trinajstić information content (AvgIpc) is 3.14. The third-order valence-corrected chi connectivity index (χ3v) is 4.18. The first-order chi connectivity index (χ1) is 11.7. The molecule has 5 nitrogen and oxygen atoms in total. The molecule has 0 aliphatic carbocycles. The van der Waals surface area contributed by atoms with Crippen molar-refractivity contribution in [3.8, 4) is 5.75 Å². The Kier molecular flexibility index (Phi) is 5.50. The zero-order chi connectivity index (χ0) is 16.9. The van der Waals surface area contributed by atoms with Gasteiger partial charge in [-0.05, 0) is 33.6 Å². The number of methoxy groups -OCH3 is 1. The lowest BCUT2D eigenvalue weighted by Gasteiger charge is -2.18. The molecule has 0 saturated carbocycles. The molecule has 3 rings (SSSR count). The minimum Gasteiger partial charge on any atom is -0.487 e. The smallest absolute Gasteiger partial charge is 0.337 e. The van der Waals surface area contributed by atoms with E-state index in [2.05, 4.69) is 15.9 Å². The third-order valence-electron chi connectivity index (χ3n) is 3.60. The second kappa shape index (κ2) is 7.79. The molecule has 0 unspecified atom stereocenters. The van der Waals surface area contributed by atoms with Crippen molar-refractivity contribution in [3.63, 3.8) is 0 Å². The molecule has 1 fully saturated rings. The van der Waals surface area contributed by atoms with E-state index in [1.54, 1.807) is 12.1 Å². The van der Waals surface area contributed by atoms with Crippen LogP contribution in [0.1, 0.15) is 27.8 Å². The molecule has 0 bridgehead atoms. The van der Waals surface area contributed by atoms with E-state index in [0.717, 1.165) is 5.56 Å². The minimum atomic E-state index is -0.559. The van der Waals surface area contributed by atoms with Gasteiger partial charge in [0.2, 0.25) is 0 Å². The SMILES string of the molecule is COC(=O)c1cc(Br)c(OCc2ccccc2)c(C2OCCO2)c1. The fourth-order valence-corrected chi connectivity index (χ4v) is 3.04. The summed E-state index contributed by atoms with van der Waals surface area (Å²) in [6.45, 7) is 1.41. The Bertz CT molecular complexity index is 711. The van der Waals surface area contributed by atoms with Gasteiger partial charge in [0.1, 0.15) is 12.4 Å². The molecule has 1 aliphatic rings. The van der Waals surface area contributed by atoms with E-state index in [1.807, 2.05) is 30.3 Å². The van der Waals surface area contributed by atoms with E-state index in [4.69, 9.17) is 18.9 Å². The van der Waals surface area contributed by atoms with Crippen molar-refractivity contribution >= 4 is 21.9 Å². The van der Waals surface area contributed by atoms with E-state index >= 15 is 0 Å². The monoisotopic (exact) mass is 392 g/mol. The van der Waals surface area contributed by atoms with Crippen LogP contribution < -0.4 is 4.74 Å². The first-order valence-corrected chi connectivity index (χ1v) is 8.30. The van der Waals surface area contributed by atoms with Crippen LogP contribution >= 0.6 is 15.9 Å². The van der Waals surface area contributed by atoms with Crippen LogP contribution in [-0.4, -0.2) is 26.3 Å². The molecule has 0 radical (unpaired) electrons. The van der Waals surface area contributed by atoms with Crippen LogP contribution in [-0.2, 0) is 20.8 Å². The van der Waals surface area contributed by atoms with Crippen molar-refractivity contribution in [2.45, 2.75) is 12.9 Å². The first-order valence-electron chi connectivity index (χ1n) is 7.50. The van der Waals surface area contributed by atoms with Crippen molar-refractivity contribution in [3.05, 3.63) is 63.6 Å². The van der Waals surface area contributed by atoms with E-state index in [1.165, 1.54) is 7.11 Å². The molecule has 1 saturated heterocycles. The van der Waals surface area contributed by atoms with Crippen molar-refractivity contribution < 1.29 is 23.7 Å². The van der Waals surface area contributed by atoms with Crippen molar-refractivity contribution in [2.75, 3.05) is 20.3 Å². The Balaban J connectivity index is 1.92. The topological polar surface area (TPSA) is 54.0 Å². The second-order valence-corrected chi connectivity index (χ2v) is 6.07. The molecule has 2 aromatic carbocycles. The third kappa shape index (κ3) is 3.77. The minimum absolute atomic E-state index is 0.400. The summed E-state index contributed by atoms with van der Waals surface area (Å²) in [5.41, 5.74) is 2.12. The van der Waals surface area contributed by atoms with E-state index in [9.17, 15) is 4.79 Å². The fourth-order valence-electron chi connectivity index (χ4n) is 2.45. The molecule has 0 spiro atoms. The highest BCUT2D eigenvalue weighted by Crippen LogP contribution is 2.38. The van der Waals surface area contributed by atoms with Crippen molar-refractivity contribution in [1.29, 1.82) is 0 Å². The maximum Gasteiger partial charge on any atom is 0.337 e. The Morgan fingerprint density at radius 3 is 2.58 bits per heavy atom. The normalized spacial score (nSPS) is 14.6. The van der Waals surface area contributed by atoms with Gasteiger partial charge in [0, 0.05) is 0 Å². The maximum absolute atomic E-state index is 11.9. The molecule has 0 amide bonds. The average molecular weight is 393 g/mol. The van der Waals surface area contributed by atoms with Crippen LogP contribution in [0.5, 0.6) is 5.75 Å². The van der Waals surface area contributed by atoms with Gasteiger partial charge < -0.3 is 18.9 Å². The highest BCUT2D eigenvalue weighted by Gasteiger charge is 2.26. The number of benzene rings is 2. The van der Waals surface area contributed by atoms with Gasteiger partial charge >= 0.3 is 5.97 Å². The van der Waals surface area contributed by atoms with Gasteiger partial charge in [-0.25, -0.2) is 4.79 Å². The van der Waals surface area contributed by atoms with Crippen LogP contribution in [0.2, 0.25) is 0 Å². The zero-order valence-corrected chi connectivity index (χ0v) is 14.7. The number of carbonyl (C=O) groups is 1. The number of ether oxygens (including phenoxy) is 4. The highest BCUT2D eigenvalue weighted by molar-refractivity contribution is 9.10. The summed E-state index contributed by atoms with van der Waals surface area (Å²) in [5, 5.41) is 0. The van der Waals surface area contributed by atoms with Gasteiger partial charge in [0.15, 0.2) is 6.29 Å². The van der Waals surface area contributed by atoms with Crippen molar-refractivity contribution in [2.24, 2.45) is 0 Å². The first kappa shape index (κ1) is 17.0. The molecule has 0 atom stereocenters. The quantitative estimate of drug-likeness (QED) is 0.723. The number of hydrogen-bond donors (Lipinski definition) is 0. The predicted molar refractivity (Wildman–Crippen MR) is 90.9 cm³/mol. The van der Waals surface area contributed by atoms with Crippen LogP contribution in [0.15, 0.2) is 46.9 Å². The van der Waals surface area contributed by atoms with Crippen molar-refractivity contribution in [1.82, 2.24) is 0 Å². The van der Waals surface area contributed by atoms with Gasteiger partial charge in [-0.15, -0.1) is 0 Å². The van der Waals surface area contributed by atoms with Crippen LogP contribution in [0.3, 0.4) is 0 Å². The predicted octanol–water partition coefficient (Wildman–Crippen LogP) is 3.86. The lowest BCUT2D eigenvalue weighted by molar-refractivity contribution is -0.0459. The van der Waals surface area contributed by atoms with Gasteiger partial charge in [0.25, 0.3) is 0 Å². The summed E-state index contributed by atoms with van der Waals surface area (Å²) in [5.74, 6) is 0.169. The molecule has 6 heteroatoms. The van der Waals surface area contributed by atoms with Crippen LogP contribution in [0.4, 0.5) is 0 Å². The summed E-state index contributed by atoms with van der Waals surface area (Å²) in [6, 6.07) is 13.2. The molecular formula is C18H17BrO5. The van der Waals surface area contributed by atoms with E-state index in [0.29, 0.717) is 41.2 Å². The van der Waals surface area contributed by atoms with Crippen LogP contribution in [0.25, 0.3) is 0 Å². The van der Waals surface area contributed by atoms with E-state index < -0.39 is 12.3 Å². The number of esters is 1. The molecule has 1 heterocycles. The molecule has 0 N–H and O–H groups in total. The Hall–Kier alpha value is -1.89. The lowest BCUT2D eigenvalue weighted by Crippen LogP contribution is -2.08. The molecule has 24 heavy (non-hydrogen) atoms. The molecule has 2 aromatic rings. The number of rotatable bonds is 5. The highest BCUT2D eigenvalue weighted by atomic mass is 79.9. The zero-order valence-electron chi connectivity index (χ0n) is 13.2. The fraction of sp³-hybridized carbons (Fsp3) is 0.278. The summed E-state index contributed by atoms with van der Waals surface area (Å²) in [6.07, 6.45) is -0.559.